The van der Waals surface area contributed by atoms with E-state index in [9.17, 15) is 4.39 Å². The maximum Gasteiger partial charge on any atom is 0.112 e. The molecule has 1 unspecified atom stereocenters. The van der Waals surface area contributed by atoms with E-state index in [0.29, 0.717) is 0 Å². The van der Waals surface area contributed by atoms with Crippen LogP contribution in [0.4, 0.5) is 4.39 Å². The van der Waals surface area contributed by atoms with E-state index in [4.69, 9.17) is 4.74 Å². The van der Waals surface area contributed by atoms with E-state index in [0.717, 1.165) is 0 Å². The molecule has 3 atom stereocenters. The van der Waals surface area contributed by atoms with Crippen molar-refractivity contribution in [3.8, 4) is 0 Å². The Kier molecular flexibility index (Phi) is 4.56. The quantitative estimate of drug-likeness (QED) is 0.606. The summed E-state index contributed by atoms with van der Waals surface area (Å²) >= 11 is 0. The van der Waals surface area contributed by atoms with Crippen LogP contribution in [-0.4, -0.2) is 26.6 Å². The van der Waals surface area contributed by atoms with Gasteiger partial charge >= 0.3 is 0 Å². The Balaban J connectivity index is 3.76. The molecule has 0 aliphatic carbocycles. The third-order valence-electron chi connectivity index (χ3n) is 1.74. The first-order valence-electron chi connectivity index (χ1n) is 3.47. The van der Waals surface area contributed by atoms with Crippen LogP contribution in [0.1, 0.15) is 13.8 Å². The lowest BCUT2D eigenvalue weighted by Crippen LogP contribution is -2.37. The zero-order valence-electron chi connectivity index (χ0n) is 7.02. The largest absolute Gasteiger partial charge is 0.366 e. The van der Waals surface area contributed by atoms with Gasteiger partial charge in [-0.1, -0.05) is 6.92 Å². The van der Waals surface area contributed by atoms with Crippen LogP contribution >= 0.6 is 0 Å². The molecule has 0 aromatic rings. The summed E-state index contributed by atoms with van der Waals surface area (Å²) in [6.07, 6.45) is -1.02. The molecule has 0 saturated heterocycles. The van der Waals surface area contributed by atoms with Gasteiger partial charge in [0.25, 0.3) is 0 Å². The molecule has 0 aromatic carbocycles. The predicted molar refractivity (Wildman–Crippen MR) is 39.6 cm³/mol. The normalized spacial score (nSPS) is 20.1. The fourth-order valence-corrected chi connectivity index (χ4v) is 0.836. The molecule has 0 aromatic heterocycles. The highest BCUT2D eigenvalue weighted by Gasteiger charge is 2.19. The van der Waals surface area contributed by atoms with E-state index in [1.807, 2.05) is 6.92 Å². The molecule has 2 nitrogen and oxygen atoms in total. The number of methoxy groups -OCH3 is 1. The standard InChI is InChI=1S/C7H16FNO/c1-5(6(2)8)7(9-3)10-4/h5-7,9H,1-4H3/t5?,6-,7-/m1/s1. The zero-order chi connectivity index (χ0) is 8.15. The molecule has 0 radical (unpaired) electrons. The summed E-state index contributed by atoms with van der Waals surface area (Å²) in [7, 11) is 3.33. The van der Waals surface area contributed by atoms with Gasteiger partial charge in [0.1, 0.15) is 12.4 Å². The van der Waals surface area contributed by atoms with Crippen LogP contribution < -0.4 is 5.32 Å². The van der Waals surface area contributed by atoms with Gasteiger partial charge in [-0.05, 0) is 14.0 Å². The lowest BCUT2D eigenvalue weighted by Gasteiger charge is -2.22. The monoisotopic (exact) mass is 149 g/mol. The van der Waals surface area contributed by atoms with Crippen LogP contribution in [0.3, 0.4) is 0 Å². The van der Waals surface area contributed by atoms with Gasteiger partial charge in [0.05, 0.1) is 0 Å². The Labute approximate surface area is 61.8 Å². The third-order valence-corrected chi connectivity index (χ3v) is 1.74. The molecule has 0 saturated carbocycles. The molecule has 0 aliphatic rings. The molecule has 3 heteroatoms. The second-order valence-corrected chi connectivity index (χ2v) is 2.48. The van der Waals surface area contributed by atoms with Crippen LogP contribution in [0.25, 0.3) is 0 Å². The Bertz CT molecular complexity index is 83.7. The van der Waals surface area contributed by atoms with Crippen molar-refractivity contribution < 1.29 is 9.13 Å². The smallest absolute Gasteiger partial charge is 0.112 e. The van der Waals surface area contributed by atoms with Crippen molar-refractivity contribution in [2.75, 3.05) is 14.2 Å². The number of nitrogens with one attached hydrogen (secondary N) is 1. The molecule has 0 rings (SSSR count). The molecular weight excluding hydrogens is 133 g/mol. The molecule has 0 fully saturated rings. The van der Waals surface area contributed by atoms with Gasteiger partial charge in [-0.15, -0.1) is 0 Å². The second-order valence-electron chi connectivity index (χ2n) is 2.48. The minimum absolute atomic E-state index is 0.102. The van der Waals surface area contributed by atoms with Crippen molar-refractivity contribution in [3.05, 3.63) is 0 Å². The van der Waals surface area contributed by atoms with Crippen molar-refractivity contribution in [1.82, 2.24) is 5.32 Å². The summed E-state index contributed by atoms with van der Waals surface area (Å²) in [5.74, 6) is -0.102. The first kappa shape index (κ1) is 9.85. The van der Waals surface area contributed by atoms with E-state index >= 15 is 0 Å². The van der Waals surface area contributed by atoms with Gasteiger partial charge in [-0.2, -0.15) is 0 Å². The Morgan fingerprint density at radius 3 is 2.00 bits per heavy atom. The molecule has 10 heavy (non-hydrogen) atoms. The van der Waals surface area contributed by atoms with Gasteiger partial charge in [-0.3, -0.25) is 5.32 Å². The topological polar surface area (TPSA) is 21.3 Å². The Morgan fingerprint density at radius 1 is 1.40 bits per heavy atom. The lowest BCUT2D eigenvalue weighted by molar-refractivity contribution is 0.0101. The molecule has 0 bridgehead atoms. The van der Waals surface area contributed by atoms with Crippen LogP contribution in [0, 0.1) is 5.92 Å². The highest BCUT2D eigenvalue weighted by molar-refractivity contribution is 4.66. The van der Waals surface area contributed by atoms with Crippen LogP contribution in [0.15, 0.2) is 0 Å². The second kappa shape index (κ2) is 4.63. The van der Waals surface area contributed by atoms with Crippen molar-refractivity contribution >= 4 is 0 Å². The van der Waals surface area contributed by atoms with Crippen molar-refractivity contribution in [1.29, 1.82) is 0 Å². The maximum atomic E-state index is 12.6. The number of ether oxygens (including phenoxy) is 1. The minimum Gasteiger partial charge on any atom is -0.366 e. The third kappa shape index (κ3) is 2.62. The van der Waals surface area contributed by atoms with Gasteiger partial charge in [0, 0.05) is 13.0 Å². The number of hydrogen-bond donors (Lipinski definition) is 1. The summed E-state index contributed by atoms with van der Waals surface area (Å²) in [5, 5.41) is 2.87. The zero-order valence-corrected chi connectivity index (χ0v) is 7.02. The van der Waals surface area contributed by atoms with Gasteiger partial charge in [-0.25, -0.2) is 4.39 Å². The number of alkyl halides is 1. The fraction of sp³-hybridized carbons (Fsp3) is 1.00. The average molecular weight is 149 g/mol. The molecule has 0 amide bonds. The molecule has 1 N–H and O–H groups in total. The van der Waals surface area contributed by atoms with E-state index in [-0.39, 0.29) is 12.1 Å². The van der Waals surface area contributed by atoms with E-state index in [1.165, 1.54) is 6.92 Å². The molecule has 62 valence electrons. The number of halogens is 1. The van der Waals surface area contributed by atoms with Crippen molar-refractivity contribution in [2.45, 2.75) is 26.2 Å². The summed E-state index contributed by atoms with van der Waals surface area (Å²) in [4.78, 5) is 0. The molecular formula is C7H16FNO. The predicted octanol–water partition coefficient (Wildman–Crippen LogP) is 1.17. The summed E-state index contributed by atoms with van der Waals surface area (Å²) < 4.78 is 17.6. The van der Waals surface area contributed by atoms with Gasteiger partial charge in [0.15, 0.2) is 0 Å². The van der Waals surface area contributed by atoms with Gasteiger partial charge < -0.3 is 4.74 Å². The highest BCUT2D eigenvalue weighted by Crippen LogP contribution is 2.11. The van der Waals surface area contributed by atoms with E-state index in [1.54, 1.807) is 14.2 Å². The maximum absolute atomic E-state index is 12.6. The Morgan fingerprint density at radius 2 is 1.90 bits per heavy atom. The van der Waals surface area contributed by atoms with Gasteiger partial charge in [0.2, 0.25) is 0 Å². The molecule has 0 heterocycles. The average Bonchev–Trinajstić information content (AvgIpc) is 1.90. The molecule has 0 aliphatic heterocycles. The molecule has 0 spiro atoms. The fourth-order valence-electron chi connectivity index (χ4n) is 0.836. The summed E-state index contributed by atoms with van der Waals surface area (Å²) in [5.41, 5.74) is 0. The Hall–Kier alpha value is -0.150. The SMILES string of the molecule is CN[C@H](OC)C(C)[C@@H](C)F. The van der Waals surface area contributed by atoms with E-state index in [2.05, 4.69) is 5.32 Å². The first-order chi connectivity index (χ1) is 4.63. The van der Waals surface area contributed by atoms with Crippen molar-refractivity contribution in [3.63, 3.8) is 0 Å². The summed E-state index contributed by atoms with van der Waals surface area (Å²) in [6, 6.07) is 0. The lowest BCUT2D eigenvalue weighted by atomic mass is 10.1. The highest BCUT2D eigenvalue weighted by atomic mass is 19.1. The van der Waals surface area contributed by atoms with Crippen LogP contribution in [-0.2, 0) is 4.74 Å². The minimum atomic E-state index is -0.836. The first-order valence-corrected chi connectivity index (χ1v) is 3.47. The van der Waals surface area contributed by atoms with Crippen LogP contribution in [0.2, 0.25) is 0 Å². The summed E-state index contributed by atoms with van der Waals surface area (Å²) in [6.45, 7) is 3.35. The van der Waals surface area contributed by atoms with Crippen LogP contribution in [0.5, 0.6) is 0 Å². The van der Waals surface area contributed by atoms with E-state index < -0.39 is 6.17 Å². The number of hydrogen-bond acceptors (Lipinski definition) is 2. The van der Waals surface area contributed by atoms with Crippen molar-refractivity contribution in [2.24, 2.45) is 5.92 Å². The number of rotatable bonds is 4.